The highest BCUT2D eigenvalue weighted by atomic mass is 35.5. The molecule has 4 nitrogen and oxygen atoms in total. The van der Waals surface area contributed by atoms with Crippen LogP contribution >= 0.6 is 11.6 Å². The SMILES string of the molecule is CN=C(NCCc1ccc(Cl)nc1)NCc1ccc(C(F)(F)F)cc1. The second-order valence-corrected chi connectivity index (χ2v) is 5.67. The van der Waals surface area contributed by atoms with Gasteiger partial charge in [-0.25, -0.2) is 4.98 Å². The molecule has 0 radical (unpaired) electrons. The van der Waals surface area contributed by atoms with E-state index in [1.54, 1.807) is 19.3 Å². The van der Waals surface area contributed by atoms with Crippen LogP contribution in [0.2, 0.25) is 5.15 Å². The average molecular weight is 371 g/mol. The van der Waals surface area contributed by atoms with Crippen molar-refractivity contribution < 1.29 is 13.2 Å². The van der Waals surface area contributed by atoms with Crippen LogP contribution in [-0.4, -0.2) is 24.5 Å². The first kappa shape index (κ1) is 19.1. The molecule has 0 aliphatic carbocycles. The highest BCUT2D eigenvalue weighted by Gasteiger charge is 2.29. The van der Waals surface area contributed by atoms with E-state index < -0.39 is 11.7 Å². The number of rotatable bonds is 5. The molecule has 25 heavy (non-hydrogen) atoms. The van der Waals surface area contributed by atoms with Gasteiger partial charge in [0.1, 0.15) is 5.15 Å². The normalized spacial score (nSPS) is 12.1. The standard InChI is InChI=1S/C17H18ClF3N4/c1-22-16(23-9-8-13-4-7-15(18)24-10-13)25-11-12-2-5-14(6-3-12)17(19,20)21/h2-7,10H,8-9,11H2,1H3,(H2,22,23,25). The van der Waals surface area contributed by atoms with Crippen molar-refractivity contribution in [1.82, 2.24) is 15.6 Å². The molecular weight excluding hydrogens is 353 g/mol. The number of nitrogens with one attached hydrogen (secondary N) is 2. The molecule has 1 aromatic heterocycles. The summed E-state index contributed by atoms with van der Waals surface area (Å²) in [4.78, 5) is 8.09. The monoisotopic (exact) mass is 370 g/mol. The second-order valence-electron chi connectivity index (χ2n) is 5.29. The van der Waals surface area contributed by atoms with Crippen LogP contribution in [0, 0.1) is 0 Å². The largest absolute Gasteiger partial charge is 0.416 e. The van der Waals surface area contributed by atoms with Gasteiger partial charge in [-0.15, -0.1) is 0 Å². The molecule has 2 rings (SSSR count). The van der Waals surface area contributed by atoms with Gasteiger partial charge in [0.05, 0.1) is 5.56 Å². The van der Waals surface area contributed by atoms with Crippen molar-refractivity contribution in [2.75, 3.05) is 13.6 Å². The lowest BCUT2D eigenvalue weighted by atomic mass is 10.1. The van der Waals surface area contributed by atoms with Gasteiger partial charge in [-0.1, -0.05) is 29.8 Å². The zero-order valence-electron chi connectivity index (χ0n) is 13.6. The van der Waals surface area contributed by atoms with E-state index >= 15 is 0 Å². The number of aliphatic imine (C=N–C) groups is 1. The Labute approximate surface area is 149 Å². The minimum absolute atomic E-state index is 0.375. The van der Waals surface area contributed by atoms with E-state index in [0.29, 0.717) is 24.2 Å². The van der Waals surface area contributed by atoms with E-state index in [1.807, 2.05) is 6.07 Å². The quantitative estimate of drug-likeness (QED) is 0.480. The second kappa shape index (κ2) is 8.71. The maximum absolute atomic E-state index is 12.5. The molecule has 0 saturated heterocycles. The van der Waals surface area contributed by atoms with E-state index in [0.717, 1.165) is 29.7 Å². The predicted octanol–water partition coefficient (Wildman–Crippen LogP) is 3.66. The molecule has 0 fully saturated rings. The third kappa shape index (κ3) is 6.26. The van der Waals surface area contributed by atoms with E-state index in [1.165, 1.54) is 12.1 Å². The Morgan fingerprint density at radius 1 is 1.08 bits per heavy atom. The van der Waals surface area contributed by atoms with Crippen LogP contribution in [0.25, 0.3) is 0 Å². The van der Waals surface area contributed by atoms with Gasteiger partial charge < -0.3 is 10.6 Å². The minimum atomic E-state index is -4.32. The van der Waals surface area contributed by atoms with Crippen LogP contribution in [0.5, 0.6) is 0 Å². The number of halogens is 4. The molecular formula is C17H18ClF3N4. The lowest BCUT2D eigenvalue weighted by Crippen LogP contribution is -2.37. The summed E-state index contributed by atoms with van der Waals surface area (Å²) in [6, 6.07) is 8.66. The summed E-state index contributed by atoms with van der Waals surface area (Å²) < 4.78 is 37.6. The van der Waals surface area contributed by atoms with Gasteiger partial charge in [0.25, 0.3) is 0 Å². The molecule has 0 amide bonds. The molecule has 134 valence electrons. The molecule has 2 aromatic rings. The fraction of sp³-hybridized carbons (Fsp3) is 0.294. The van der Waals surface area contributed by atoms with Gasteiger partial charge in [-0.2, -0.15) is 13.2 Å². The first-order valence-corrected chi connectivity index (χ1v) is 7.97. The number of benzene rings is 1. The number of nitrogens with zero attached hydrogens (tertiary/aromatic N) is 2. The average Bonchev–Trinajstić information content (AvgIpc) is 2.59. The summed E-state index contributed by atoms with van der Waals surface area (Å²) in [6.07, 6.45) is -1.87. The third-order valence-electron chi connectivity index (χ3n) is 3.46. The van der Waals surface area contributed by atoms with Crippen molar-refractivity contribution in [3.63, 3.8) is 0 Å². The minimum Gasteiger partial charge on any atom is -0.356 e. The van der Waals surface area contributed by atoms with E-state index in [2.05, 4.69) is 20.6 Å². The van der Waals surface area contributed by atoms with E-state index in [-0.39, 0.29) is 0 Å². The molecule has 0 spiro atoms. The van der Waals surface area contributed by atoms with Crippen LogP contribution in [0.3, 0.4) is 0 Å². The fourth-order valence-corrected chi connectivity index (χ4v) is 2.21. The summed E-state index contributed by atoms with van der Waals surface area (Å²) in [5.74, 6) is 0.571. The Kier molecular flexibility index (Phi) is 6.64. The molecule has 0 unspecified atom stereocenters. The summed E-state index contributed by atoms with van der Waals surface area (Å²) in [7, 11) is 1.63. The zero-order valence-corrected chi connectivity index (χ0v) is 14.3. The molecule has 0 saturated carbocycles. The first-order chi connectivity index (χ1) is 11.9. The number of aromatic nitrogens is 1. The molecule has 0 bridgehead atoms. The van der Waals surface area contributed by atoms with Crippen molar-refractivity contribution in [2.24, 2.45) is 4.99 Å². The maximum Gasteiger partial charge on any atom is 0.416 e. The van der Waals surface area contributed by atoms with Crippen LogP contribution < -0.4 is 10.6 Å². The number of pyridine rings is 1. The molecule has 8 heteroatoms. The predicted molar refractivity (Wildman–Crippen MR) is 92.6 cm³/mol. The number of hydrogen-bond donors (Lipinski definition) is 2. The summed E-state index contributed by atoms with van der Waals surface area (Å²) in [5.41, 5.74) is 1.11. The Balaban J connectivity index is 1.79. The number of guanidine groups is 1. The molecule has 0 aliphatic rings. The van der Waals surface area contributed by atoms with Crippen molar-refractivity contribution in [3.05, 3.63) is 64.4 Å². The van der Waals surface area contributed by atoms with Crippen LogP contribution in [0.1, 0.15) is 16.7 Å². The van der Waals surface area contributed by atoms with Crippen LogP contribution in [0.15, 0.2) is 47.6 Å². The van der Waals surface area contributed by atoms with Crippen LogP contribution in [-0.2, 0) is 19.1 Å². The van der Waals surface area contributed by atoms with Gasteiger partial charge in [0.2, 0.25) is 0 Å². The van der Waals surface area contributed by atoms with Crippen molar-refractivity contribution in [1.29, 1.82) is 0 Å². The maximum atomic E-state index is 12.5. The molecule has 1 heterocycles. The molecule has 1 aromatic carbocycles. The highest BCUT2D eigenvalue weighted by molar-refractivity contribution is 6.29. The van der Waals surface area contributed by atoms with Crippen molar-refractivity contribution in [2.45, 2.75) is 19.1 Å². The topological polar surface area (TPSA) is 49.3 Å². The summed E-state index contributed by atoms with van der Waals surface area (Å²) >= 11 is 5.73. The Morgan fingerprint density at radius 2 is 1.76 bits per heavy atom. The van der Waals surface area contributed by atoms with Gasteiger partial charge in [0, 0.05) is 26.3 Å². The van der Waals surface area contributed by atoms with Crippen LogP contribution in [0.4, 0.5) is 13.2 Å². The van der Waals surface area contributed by atoms with Gasteiger partial charge in [0.15, 0.2) is 5.96 Å². The fourth-order valence-electron chi connectivity index (χ4n) is 2.10. The lowest BCUT2D eigenvalue weighted by molar-refractivity contribution is -0.137. The smallest absolute Gasteiger partial charge is 0.356 e. The third-order valence-corrected chi connectivity index (χ3v) is 3.68. The van der Waals surface area contributed by atoms with E-state index in [4.69, 9.17) is 11.6 Å². The Hall–Kier alpha value is -2.28. The molecule has 2 N–H and O–H groups in total. The lowest BCUT2D eigenvalue weighted by Gasteiger charge is -2.12. The molecule has 0 aliphatic heterocycles. The van der Waals surface area contributed by atoms with Crippen molar-refractivity contribution >= 4 is 17.6 Å². The molecule has 0 atom stereocenters. The summed E-state index contributed by atoms with van der Waals surface area (Å²) in [6.45, 7) is 1.01. The van der Waals surface area contributed by atoms with Gasteiger partial charge in [-0.3, -0.25) is 4.99 Å². The zero-order chi connectivity index (χ0) is 18.3. The Bertz CT molecular complexity index is 697. The van der Waals surface area contributed by atoms with Crippen molar-refractivity contribution in [3.8, 4) is 0 Å². The highest BCUT2D eigenvalue weighted by Crippen LogP contribution is 2.28. The number of alkyl halides is 3. The summed E-state index contributed by atoms with van der Waals surface area (Å²) in [5, 5.41) is 6.65. The van der Waals surface area contributed by atoms with E-state index in [9.17, 15) is 13.2 Å². The van der Waals surface area contributed by atoms with Gasteiger partial charge >= 0.3 is 6.18 Å². The number of hydrogen-bond acceptors (Lipinski definition) is 2. The Morgan fingerprint density at radius 3 is 2.32 bits per heavy atom. The van der Waals surface area contributed by atoms with Gasteiger partial charge in [-0.05, 0) is 35.7 Å². The first-order valence-electron chi connectivity index (χ1n) is 7.59.